The van der Waals surface area contributed by atoms with E-state index >= 15 is 0 Å². The highest BCUT2D eigenvalue weighted by molar-refractivity contribution is 6.07. The molecule has 0 unspecified atom stereocenters. The first kappa shape index (κ1) is 19.5. The molecular formula is C21H26N4O. The number of hydrogen-bond acceptors (Lipinski definition) is 4. The van der Waals surface area contributed by atoms with E-state index in [-0.39, 0.29) is 5.91 Å². The second kappa shape index (κ2) is 10.2. The molecule has 1 heterocycles. The van der Waals surface area contributed by atoms with E-state index in [9.17, 15) is 4.79 Å². The molecule has 2 N–H and O–H groups in total. The average Bonchev–Trinajstić information content (AvgIpc) is 3.22. The van der Waals surface area contributed by atoms with Gasteiger partial charge in [0.25, 0.3) is 5.91 Å². The summed E-state index contributed by atoms with van der Waals surface area (Å²) in [5.74, 6) is 1.04. The minimum atomic E-state index is -0.230. The molecule has 26 heavy (non-hydrogen) atoms. The zero-order valence-electron chi connectivity index (χ0n) is 15.5. The number of rotatable bonds is 5. The van der Waals surface area contributed by atoms with E-state index < -0.39 is 0 Å². The molecule has 1 aliphatic rings. The molecule has 5 heteroatoms. The van der Waals surface area contributed by atoms with Crippen molar-refractivity contribution in [2.24, 2.45) is 5.92 Å². The summed E-state index contributed by atoms with van der Waals surface area (Å²) < 4.78 is 0. The first-order valence-electron chi connectivity index (χ1n) is 9.26. The van der Waals surface area contributed by atoms with Crippen molar-refractivity contribution in [1.82, 2.24) is 4.98 Å². The van der Waals surface area contributed by atoms with Gasteiger partial charge in [-0.3, -0.25) is 4.79 Å². The molecule has 0 aliphatic heterocycles. The lowest BCUT2D eigenvalue weighted by atomic mass is 10.1. The molecule has 1 fully saturated rings. The molecule has 0 radical (unpaired) electrons. The van der Waals surface area contributed by atoms with Gasteiger partial charge in [-0.25, -0.2) is 4.98 Å². The third-order valence-electron chi connectivity index (χ3n) is 4.33. The number of aromatic nitrogens is 1. The van der Waals surface area contributed by atoms with Gasteiger partial charge in [-0.15, -0.1) is 0 Å². The van der Waals surface area contributed by atoms with Crippen LogP contribution < -0.4 is 10.6 Å². The van der Waals surface area contributed by atoms with Crippen LogP contribution in [0.4, 0.5) is 11.5 Å². The average molecular weight is 350 g/mol. The first-order chi connectivity index (χ1) is 12.8. The molecule has 1 amide bonds. The fourth-order valence-electron chi connectivity index (χ4n) is 3.05. The van der Waals surface area contributed by atoms with E-state index in [4.69, 9.17) is 5.26 Å². The summed E-state index contributed by atoms with van der Waals surface area (Å²) in [5.41, 5.74) is 1.63. The molecule has 2 aromatic rings. The maximum Gasteiger partial charge on any atom is 0.259 e. The number of benzene rings is 1. The lowest BCUT2D eigenvalue weighted by Crippen LogP contribution is -2.18. The number of carbonyl (C=O) groups excluding carboxylic acids is 1. The minimum Gasteiger partial charge on any atom is -0.369 e. The number of nitrogens with one attached hydrogen (secondary N) is 2. The summed E-state index contributed by atoms with van der Waals surface area (Å²) in [6.07, 6.45) is 6.74. The van der Waals surface area contributed by atoms with Gasteiger partial charge in [-0.2, -0.15) is 5.26 Å². The van der Waals surface area contributed by atoms with Crippen molar-refractivity contribution < 1.29 is 4.79 Å². The Morgan fingerprint density at radius 3 is 2.73 bits per heavy atom. The smallest absolute Gasteiger partial charge is 0.259 e. The molecule has 0 spiro atoms. The molecular weight excluding hydrogens is 324 g/mol. The molecule has 3 rings (SSSR count). The van der Waals surface area contributed by atoms with Crippen LogP contribution in [0.1, 0.15) is 55.5 Å². The van der Waals surface area contributed by atoms with E-state index in [2.05, 4.69) is 21.7 Å². The maximum absolute atomic E-state index is 12.6. The Kier molecular flexibility index (Phi) is 7.63. The third kappa shape index (κ3) is 5.32. The number of hydrogen-bond donors (Lipinski definition) is 2. The predicted octanol–water partition coefficient (Wildman–Crippen LogP) is 4.83. The van der Waals surface area contributed by atoms with Gasteiger partial charge in [0.05, 0.1) is 17.2 Å². The highest BCUT2D eigenvalue weighted by Gasteiger charge is 2.17. The van der Waals surface area contributed by atoms with Crippen molar-refractivity contribution in [2.45, 2.75) is 39.5 Å². The van der Waals surface area contributed by atoms with E-state index in [0.717, 1.165) is 6.54 Å². The van der Waals surface area contributed by atoms with Crippen molar-refractivity contribution in [1.29, 1.82) is 5.26 Å². The topological polar surface area (TPSA) is 77.8 Å². The van der Waals surface area contributed by atoms with Crippen LogP contribution in [0.15, 0.2) is 42.6 Å². The van der Waals surface area contributed by atoms with Gasteiger partial charge in [0.2, 0.25) is 0 Å². The summed E-state index contributed by atoms with van der Waals surface area (Å²) >= 11 is 0. The SMILES string of the molecule is CC.N#Cc1cccc(NC(=O)c2cccnc2NCC2CCCC2)c1. The van der Waals surface area contributed by atoms with Crippen LogP contribution in [0.25, 0.3) is 0 Å². The van der Waals surface area contributed by atoms with Crippen LogP contribution in [-0.4, -0.2) is 17.4 Å². The highest BCUT2D eigenvalue weighted by Crippen LogP contribution is 2.25. The molecule has 1 saturated carbocycles. The maximum atomic E-state index is 12.6. The van der Waals surface area contributed by atoms with Crippen molar-refractivity contribution in [3.8, 4) is 6.07 Å². The minimum absolute atomic E-state index is 0.230. The van der Waals surface area contributed by atoms with Crippen LogP contribution in [0.2, 0.25) is 0 Å². The Hall–Kier alpha value is -2.87. The molecule has 0 saturated heterocycles. The van der Waals surface area contributed by atoms with Gasteiger partial charge in [0.15, 0.2) is 0 Å². The van der Waals surface area contributed by atoms with Crippen molar-refractivity contribution in [2.75, 3.05) is 17.2 Å². The fraction of sp³-hybridized carbons (Fsp3) is 0.381. The monoisotopic (exact) mass is 350 g/mol. The molecule has 0 atom stereocenters. The molecule has 1 aliphatic carbocycles. The molecule has 5 nitrogen and oxygen atoms in total. The predicted molar refractivity (Wildman–Crippen MR) is 105 cm³/mol. The highest BCUT2D eigenvalue weighted by atomic mass is 16.1. The van der Waals surface area contributed by atoms with Crippen LogP contribution in [0.3, 0.4) is 0 Å². The van der Waals surface area contributed by atoms with Gasteiger partial charge in [-0.1, -0.05) is 32.8 Å². The standard InChI is InChI=1S/C19H20N4O.C2H6/c20-12-15-7-3-8-16(11-15)23-19(24)17-9-4-10-21-18(17)22-13-14-5-1-2-6-14;1-2/h3-4,7-11,14H,1-2,5-6,13H2,(H,21,22)(H,23,24);1-2H3. The summed E-state index contributed by atoms with van der Waals surface area (Å²) in [6.45, 7) is 4.85. The molecule has 136 valence electrons. The van der Waals surface area contributed by atoms with E-state index in [1.807, 2.05) is 13.8 Å². The van der Waals surface area contributed by atoms with Crippen LogP contribution >= 0.6 is 0 Å². The third-order valence-corrected chi connectivity index (χ3v) is 4.33. The largest absolute Gasteiger partial charge is 0.369 e. The number of nitriles is 1. The van der Waals surface area contributed by atoms with Gasteiger partial charge >= 0.3 is 0 Å². The molecule has 0 bridgehead atoms. The van der Waals surface area contributed by atoms with Crippen LogP contribution in [0, 0.1) is 17.2 Å². The van der Waals surface area contributed by atoms with Gasteiger partial charge in [0, 0.05) is 18.4 Å². The Morgan fingerprint density at radius 1 is 1.23 bits per heavy atom. The number of pyridine rings is 1. The van der Waals surface area contributed by atoms with E-state index in [1.54, 1.807) is 42.6 Å². The number of anilines is 2. The molecule has 1 aromatic carbocycles. The van der Waals surface area contributed by atoms with E-state index in [1.165, 1.54) is 25.7 Å². The number of carbonyl (C=O) groups is 1. The Bertz CT molecular complexity index is 761. The van der Waals surface area contributed by atoms with Crippen molar-refractivity contribution in [3.63, 3.8) is 0 Å². The van der Waals surface area contributed by atoms with Crippen molar-refractivity contribution >= 4 is 17.4 Å². The Balaban J connectivity index is 0.00000117. The fourth-order valence-corrected chi connectivity index (χ4v) is 3.05. The second-order valence-electron chi connectivity index (χ2n) is 6.08. The Labute approximate surface area is 155 Å². The van der Waals surface area contributed by atoms with E-state index in [0.29, 0.717) is 28.6 Å². The zero-order valence-corrected chi connectivity index (χ0v) is 15.5. The summed E-state index contributed by atoms with van der Waals surface area (Å²) in [6, 6.07) is 12.4. The summed E-state index contributed by atoms with van der Waals surface area (Å²) in [7, 11) is 0. The summed E-state index contributed by atoms with van der Waals surface area (Å²) in [5, 5.41) is 15.1. The second-order valence-corrected chi connectivity index (χ2v) is 6.08. The van der Waals surface area contributed by atoms with Gasteiger partial charge < -0.3 is 10.6 Å². The number of nitrogens with zero attached hydrogens (tertiary/aromatic N) is 2. The van der Waals surface area contributed by atoms with Crippen LogP contribution in [-0.2, 0) is 0 Å². The van der Waals surface area contributed by atoms with Gasteiger partial charge in [-0.05, 0) is 49.1 Å². The Morgan fingerprint density at radius 2 is 2.00 bits per heavy atom. The lowest BCUT2D eigenvalue weighted by molar-refractivity contribution is 0.102. The normalized spacial score (nSPS) is 13.3. The van der Waals surface area contributed by atoms with Crippen LogP contribution in [0.5, 0.6) is 0 Å². The first-order valence-corrected chi connectivity index (χ1v) is 9.26. The lowest BCUT2D eigenvalue weighted by Gasteiger charge is -2.14. The summed E-state index contributed by atoms with van der Waals surface area (Å²) in [4.78, 5) is 16.9. The van der Waals surface area contributed by atoms with Crippen molar-refractivity contribution in [3.05, 3.63) is 53.7 Å². The quantitative estimate of drug-likeness (QED) is 0.809. The molecule has 1 aromatic heterocycles. The van der Waals surface area contributed by atoms with Gasteiger partial charge in [0.1, 0.15) is 5.82 Å². The zero-order chi connectivity index (χ0) is 18.8. The number of amides is 1.